The highest BCUT2D eigenvalue weighted by Crippen LogP contribution is 2.26. The third-order valence-electron chi connectivity index (χ3n) is 2.61. The molecule has 1 unspecified atom stereocenters. The molecule has 0 saturated carbocycles. The van der Waals surface area contributed by atoms with Gasteiger partial charge in [-0.05, 0) is 24.7 Å². The van der Waals surface area contributed by atoms with Gasteiger partial charge in [0.25, 0.3) is 0 Å². The van der Waals surface area contributed by atoms with Gasteiger partial charge in [-0.15, -0.1) is 0 Å². The number of benzene rings is 1. The molecule has 1 rings (SSSR count). The van der Waals surface area contributed by atoms with E-state index in [9.17, 15) is 5.11 Å². The number of hydrogen-bond acceptors (Lipinski definition) is 3. The van der Waals surface area contributed by atoms with Crippen molar-refractivity contribution in [3.05, 3.63) is 33.8 Å². The zero-order valence-corrected chi connectivity index (χ0v) is 11.2. The number of rotatable bonds is 6. The number of aliphatic hydroxyl groups is 2. The van der Waals surface area contributed by atoms with Gasteiger partial charge in [-0.25, -0.2) is 0 Å². The minimum absolute atomic E-state index is 0.0733. The van der Waals surface area contributed by atoms with Gasteiger partial charge in [-0.3, -0.25) is 4.90 Å². The Kier molecular flexibility index (Phi) is 6.23. The standard InChI is InChI=1S/C12H17Cl2NO2/c1-2-15(5-6-16)8-12(17)10-7-9(13)3-4-11(10)14/h3-4,7,12,16-17H,2,5-6,8H2,1H3. The lowest BCUT2D eigenvalue weighted by Crippen LogP contribution is -2.31. The Morgan fingerprint density at radius 3 is 2.65 bits per heavy atom. The monoisotopic (exact) mass is 277 g/mol. The molecule has 0 fully saturated rings. The molecule has 17 heavy (non-hydrogen) atoms. The summed E-state index contributed by atoms with van der Waals surface area (Å²) in [7, 11) is 0. The van der Waals surface area contributed by atoms with Crippen LogP contribution in [-0.2, 0) is 0 Å². The van der Waals surface area contributed by atoms with E-state index in [2.05, 4.69) is 0 Å². The summed E-state index contributed by atoms with van der Waals surface area (Å²) in [5.74, 6) is 0. The van der Waals surface area contributed by atoms with Crippen molar-refractivity contribution in [3.63, 3.8) is 0 Å². The Labute approximate surface area is 112 Å². The number of halogens is 2. The van der Waals surface area contributed by atoms with Gasteiger partial charge < -0.3 is 10.2 Å². The van der Waals surface area contributed by atoms with Crippen LogP contribution in [0, 0.1) is 0 Å². The van der Waals surface area contributed by atoms with E-state index in [4.69, 9.17) is 28.3 Å². The maximum absolute atomic E-state index is 10.1. The highest BCUT2D eigenvalue weighted by Gasteiger charge is 2.15. The van der Waals surface area contributed by atoms with Gasteiger partial charge in [-0.2, -0.15) is 0 Å². The van der Waals surface area contributed by atoms with Gasteiger partial charge >= 0.3 is 0 Å². The third-order valence-corrected chi connectivity index (χ3v) is 3.19. The summed E-state index contributed by atoms with van der Waals surface area (Å²) in [4.78, 5) is 1.95. The summed E-state index contributed by atoms with van der Waals surface area (Å²) in [5.41, 5.74) is 0.621. The van der Waals surface area contributed by atoms with Crippen molar-refractivity contribution in [2.75, 3.05) is 26.2 Å². The van der Waals surface area contributed by atoms with E-state index in [1.807, 2.05) is 11.8 Å². The number of aliphatic hydroxyl groups excluding tert-OH is 2. The molecule has 0 aliphatic carbocycles. The largest absolute Gasteiger partial charge is 0.395 e. The van der Waals surface area contributed by atoms with Gasteiger partial charge in [0.05, 0.1) is 12.7 Å². The van der Waals surface area contributed by atoms with E-state index < -0.39 is 6.10 Å². The molecule has 0 heterocycles. The molecular formula is C12H17Cl2NO2. The number of nitrogens with zero attached hydrogens (tertiary/aromatic N) is 1. The minimum atomic E-state index is -0.701. The molecule has 5 heteroatoms. The first kappa shape index (κ1) is 14.7. The van der Waals surface area contributed by atoms with Crippen LogP contribution < -0.4 is 0 Å². The Bertz CT molecular complexity index is 360. The zero-order valence-electron chi connectivity index (χ0n) is 9.74. The Morgan fingerprint density at radius 2 is 2.06 bits per heavy atom. The van der Waals surface area contributed by atoms with Crippen LogP contribution >= 0.6 is 23.2 Å². The van der Waals surface area contributed by atoms with Crippen molar-refractivity contribution in [1.82, 2.24) is 4.90 Å². The van der Waals surface area contributed by atoms with Crippen LogP contribution in [0.25, 0.3) is 0 Å². The molecule has 0 amide bonds. The van der Waals surface area contributed by atoms with Crippen LogP contribution in [0.4, 0.5) is 0 Å². The summed E-state index contributed by atoms with van der Waals surface area (Å²) in [5, 5.41) is 20.0. The number of likely N-dealkylation sites (N-methyl/N-ethyl adjacent to an activating group) is 1. The van der Waals surface area contributed by atoms with Gasteiger partial charge in [-0.1, -0.05) is 30.1 Å². The van der Waals surface area contributed by atoms with Crippen molar-refractivity contribution in [3.8, 4) is 0 Å². The van der Waals surface area contributed by atoms with Crippen LogP contribution in [0.3, 0.4) is 0 Å². The molecule has 0 aromatic heterocycles. The summed E-state index contributed by atoms with van der Waals surface area (Å²) in [6, 6.07) is 5.03. The Hall–Kier alpha value is -0.320. The zero-order chi connectivity index (χ0) is 12.8. The molecule has 1 aromatic carbocycles. The summed E-state index contributed by atoms with van der Waals surface area (Å²) >= 11 is 11.9. The lowest BCUT2D eigenvalue weighted by atomic mass is 10.1. The smallest absolute Gasteiger partial charge is 0.0931 e. The molecule has 0 radical (unpaired) electrons. The van der Waals surface area contributed by atoms with Crippen molar-refractivity contribution in [2.45, 2.75) is 13.0 Å². The first-order chi connectivity index (χ1) is 8.08. The molecule has 0 aliphatic heterocycles. The van der Waals surface area contributed by atoms with Gasteiger partial charge in [0.1, 0.15) is 0 Å². The fourth-order valence-corrected chi connectivity index (χ4v) is 2.06. The first-order valence-electron chi connectivity index (χ1n) is 5.54. The predicted molar refractivity (Wildman–Crippen MR) is 70.6 cm³/mol. The van der Waals surface area contributed by atoms with E-state index in [1.54, 1.807) is 18.2 Å². The highest BCUT2D eigenvalue weighted by atomic mass is 35.5. The average Bonchev–Trinajstić information content (AvgIpc) is 2.31. The fourth-order valence-electron chi connectivity index (χ4n) is 1.63. The second-order valence-corrected chi connectivity index (χ2v) is 4.64. The molecular weight excluding hydrogens is 261 g/mol. The van der Waals surface area contributed by atoms with Crippen LogP contribution in [0.2, 0.25) is 10.0 Å². The Morgan fingerprint density at radius 1 is 1.35 bits per heavy atom. The maximum Gasteiger partial charge on any atom is 0.0931 e. The first-order valence-corrected chi connectivity index (χ1v) is 6.30. The number of hydrogen-bond donors (Lipinski definition) is 2. The van der Waals surface area contributed by atoms with Crippen LogP contribution in [-0.4, -0.2) is 41.4 Å². The molecule has 0 saturated heterocycles. The summed E-state index contributed by atoms with van der Waals surface area (Å²) in [6.07, 6.45) is -0.701. The minimum Gasteiger partial charge on any atom is -0.395 e. The molecule has 0 aliphatic rings. The van der Waals surface area contributed by atoms with Crippen LogP contribution in [0.5, 0.6) is 0 Å². The van der Waals surface area contributed by atoms with E-state index in [1.165, 1.54) is 0 Å². The molecule has 1 aromatic rings. The normalized spacial score (nSPS) is 13.1. The van der Waals surface area contributed by atoms with Crippen molar-refractivity contribution in [1.29, 1.82) is 0 Å². The van der Waals surface area contributed by atoms with E-state index in [-0.39, 0.29) is 6.61 Å². The fraction of sp³-hybridized carbons (Fsp3) is 0.500. The third kappa shape index (κ3) is 4.45. The molecule has 3 nitrogen and oxygen atoms in total. The van der Waals surface area contributed by atoms with E-state index in [0.29, 0.717) is 28.7 Å². The van der Waals surface area contributed by atoms with E-state index >= 15 is 0 Å². The predicted octanol–water partition coefficient (Wildman–Crippen LogP) is 2.34. The lowest BCUT2D eigenvalue weighted by molar-refractivity contribution is 0.103. The van der Waals surface area contributed by atoms with Crippen LogP contribution in [0.1, 0.15) is 18.6 Å². The van der Waals surface area contributed by atoms with Crippen molar-refractivity contribution in [2.24, 2.45) is 0 Å². The van der Waals surface area contributed by atoms with Crippen LogP contribution in [0.15, 0.2) is 18.2 Å². The SMILES string of the molecule is CCN(CCO)CC(O)c1cc(Cl)ccc1Cl. The Balaban J connectivity index is 2.74. The second kappa shape index (κ2) is 7.19. The summed E-state index contributed by atoms with van der Waals surface area (Å²) < 4.78 is 0. The second-order valence-electron chi connectivity index (χ2n) is 3.80. The van der Waals surface area contributed by atoms with E-state index in [0.717, 1.165) is 6.54 Å². The lowest BCUT2D eigenvalue weighted by Gasteiger charge is -2.23. The highest BCUT2D eigenvalue weighted by molar-refractivity contribution is 6.33. The van der Waals surface area contributed by atoms with Gasteiger partial charge in [0.2, 0.25) is 0 Å². The molecule has 2 N–H and O–H groups in total. The quantitative estimate of drug-likeness (QED) is 0.839. The van der Waals surface area contributed by atoms with Crippen molar-refractivity contribution < 1.29 is 10.2 Å². The summed E-state index contributed by atoms with van der Waals surface area (Å²) in [6.45, 7) is 3.77. The topological polar surface area (TPSA) is 43.7 Å². The molecule has 0 bridgehead atoms. The van der Waals surface area contributed by atoms with Gasteiger partial charge in [0.15, 0.2) is 0 Å². The van der Waals surface area contributed by atoms with Crippen molar-refractivity contribution >= 4 is 23.2 Å². The van der Waals surface area contributed by atoms with Gasteiger partial charge in [0, 0.05) is 28.7 Å². The molecule has 1 atom stereocenters. The molecule has 96 valence electrons. The molecule has 0 spiro atoms. The maximum atomic E-state index is 10.1. The average molecular weight is 278 g/mol.